The zero-order chi connectivity index (χ0) is 19.5. The van der Waals surface area contributed by atoms with Gasteiger partial charge in [0.1, 0.15) is 11.5 Å². The first-order valence-electron chi connectivity index (χ1n) is 7.83. The first kappa shape index (κ1) is 20.0. The molecule has 0 aliphatic rings. The Balaban J connectivity index is 2.37. The van der Waals surface area contributed by atoms with E-state index in [1.54, 1.807) is 13.1 Å². The molecule has 0 heterocycles. The smallest absolute Gasteiger partial charge is 0.417 e. The minimum atomic E-state index is -4.54. The fraction of sp³-hybridized carbons (Fsp3) is 0.316. The van der Waals surface area contributed by atoms with Crippen LogP contribution in [0.3, 0.4) is 0 Å². The predicted octanol–water partition coefficient (Wildman–Crippen LogP) is 6.63. The average molecular weight is 383 g/mol. The van der Waals surface area contributed by atoms with Crippen LogP contribution in [0.25, 0.3) is 0 Å². The SMILES string of the molecule is CN=C=NC(C)c1cc(C)c(Oc2ccc(Cl)c(C(F)(F)F)c2)cc1C. The molecule has 2 aromatic rings. The molecular weight excluding hydrogens is 365 g/mol. The lowest BCUT2D eigenvalue weighted by Crippen LogP contribution is -2.06. The molecule has 1 unspecified atom stereocenters. The van der Waals surface area contributed by atoms with Crippen molar-refractivity contribution in [3.63, 3.8) is 0 Å². The Morgan fingerprint density at radius 3 is 2.42 bits per heavy atom. The first-order valence-corrected chi connectivity index (χ1v) is 8.20. The highest BCUT2D eigenvalue weighted by atomic mass is 35.5. The van der Waals surface area contributed by atoms with Gasteiger partial charge in [-0.25, -0.2) is 9.98 Å². The molecular formula is C19H18ClF3N2O. The number of hydrogen-bond acceptors (Lipinski definition) is 3. The van der Waals surface area contributed by atoms with Gasteiger partial charge in [-0.3, -0.25) is 0 Å². The lowest BCUT2D eigenvalue weighted by Gasteiger charge is -2.16. The van der Waals surface area contributed by atoms with Gasteiger partial charge in [0.05, 0.1) is 22.6 Å². The Bertz CT molecular complexity index is 872. The summed E-state index contributed by atoms with van der Waals surface area (Å²) in [4.78, 5) is 7.90. The van der Waals surface area contributed by atoms with E-state index < -0.39 is 11.7 Å². The summed E-state index contributed by atoms with van der Waals surface area (Å²) < 4.78 is 44.6. The largest absolute Gasteiger partial charge is 0.457 e. The Kier molecular flexibility index (Phi) is 6.11. The van der Waals surface area contributed by atoms with E-state index >= 15 is 0 Å². The Labute approximate surface area is 155 Å². The molecule has 26 heavy (non-hydrogen) atoms. The molecule has 0 bridgehead atoms. The van der Waals surface area contributed by atoms with Crippen LogP contribution in [0.5, 0.6) is 11.5 Å². The van der Waals surface area contributed by atoms with Gasteiger partial charge < -0.3 is 4.74 Å². The van der Waals surface area contributed by atoms with E-state index in [-0.39, 0.29) is 16.8 Å². The summed E-state index contributed by atoms with van der Waals surface area (Å²) in [5.41, 5.74) is 1.73. The number of benzene rings is 2. The van der Waals surface area contributed by atoms with Crippen molar-refractivity contribution >= 4 is 17.6 Å². The maximum absolute atomic E-state index is 13.0. The van der Waals surface area contributed by atoms with Crippen LogP contribution in [0.1, 0.15) is 35.2 Å². The molecule has 0 aromatic heterocycles. The number of nitrogens with zero attached hydrogens (tertiary/aromatic N) is 2. The van der Waals surface area contributed by atoms with Crippen LogP contribution in [0, 0.1) is 13.8 Å². The van der Waals surface area contributed by atoms with Crippen molar-refractivity contribution in [3.05, 3.63) is 57.6 Å². The second-order valence-electron chi connectivity index (χ2n) is 5.84. The summed E-state index contributed by atoms with van der Waals surface area (Å²) in [5, 5.41) is -0.364. The zero-order valence-corrected chi connectivity index (χ0v) is 15.5. The van der Waals surface area contributed by atoms with E-state index in [0.29, 0.717) is 5.75 Å². The Morgan fingerprint density at radius 1 is 1.12 bits per heavy atom. The molecule has 1 atom stereocenters. The van der Waals surface area contributed by atoms with Gasteiger partial charge in [0.2, 0.25) is 0 Å². The molecule has 0 aliphatic heterocycles. The lowest BCUT2D eigenvalue weighted by atomic mass is 9.99. The van der Waals surface area contributed by atoms with Crippen molar-refractivity contribution in [2.75, 3.05) is 7.05 Å². The maximum atomic E-state index is 13.0. The highest BCUT2D eigenvalue weighted by Crippen LogP contribution is 2.38. The van der Waals surface area contributed by atoms with Crippen molar-refractivity contribution in [1.82, 2.24) is 0 Å². The number of hydrogen-bond donors (Lipinski definition) is 0. The van der Waals surface area contributed by atoms with E-state index in [4.69, 9.17) is 16.3 Å². The molecule has 0 saturated heterocycles. The predicted molar refractivity (Wildman–Crippen MR) is 96.6 cm³/mol. The van der Waals surface area contributed by atoms with Crippen molar-refractivity contribution < 1.29 is 17.9 Å². The molecule has 0 radical (unpaired) electrons. The van der Waals surface area contributed by atoms with Crippen LogP contribution in [0.2, 0.25) is 5.02 Å². The minimum absolute atomic E-state index is 0.0705. The Morgan fingerprint density at radius 2 is 1.81 bits per heavy atom. The standard InChI is InChI=1S/C19H18ClF3N2O/c1-11-8-18(12(2)7-15(11)13(3)25-10-24-4)26-14-5-6-17(20)16(9-14)19(21,22)23/h5-9,13H,1-4H3. The van der Waals surface area contributed by atoms with Gasteiger partial charge in [-0.2, -0.15) is 13.2 Å². The molecule has 0 N–H and O–H groups in total. The molecule has 0 fully saturated rings. The zero-order valence-electron chi connectivity index (χ0n) is 14.8. The van der Waals surface area contributed by atoms with Gasteiger partial charge in [0, 0.05) is 7.05 Å². The van der Waals surface area contributed by atoms with E-state index in [9.17, 15) is 13.2 Å². The molecule has 3 nitrogen and oxygen atoms in total. The highest BCUT2D eigenvalue weighted by Gasteiger charge is 2.33. The summed E-state index contributed by atoms with van der Waals surface area (Å²) in [6, 6.07) is 9.60. The van der Waals surface area contributed by atoms with E-state index in [0.717, 1.165) is 22.8 Å². The topological polar surface area (TPSA) is 34.0 Å². The van der Waals surface area contributed by atoms with E-state index in [1.165, 1.54) is 12.1 Å². The Hall–Kier alpha value is -2.30. The molecule has 0 amide bonds. The maximum Gasteiger partial charge on any atom is 0.417 e. The van der Waals surface area contributed by atoms with Gasteiger partial charge in [0.15, 0.2) is 0 Å². The number of rotatable bonds is 4. The monoisotopic (exact) mass is 382 g/mol. The van der Waals surface area contributed by atoms with Gasteiger partial charge in [-0.15, -0.1) is 0 Å². The van der Waals surface area contributed by atoms with Crippen molar-refractivity contribution in [3.8, 4) is 11.5 Å². The van der Waals surface area contributed by atoms with Crippen LogP contribution in [-0.4, -0.2) is 13.1 Å². The van der Waals surface area contributed by atoms with Crippen LogP contribution in [-0.2, 0) is 6.18 Å². The molecule has 0 saturated carbocycles. The number of aliphatic imine (C=N–C) groups is 2. The summed E-state index contributed by atoms with van der Waals surface area (Å²) in [6.07, 6.45) is -4.54. The average Bonchev–Trinajstić information content (AvgIpc) is 2.56. The molecule has 2 rings (SSSR count). The fourth-order valence-corrected chi connectivity index (χ4v) is 2.72. The number of ether oxygens (including phenoxy) is 1. The van der Waals surface area contributed by atoms with Gasteiger partial charge in [-0.05, 0) is 67.8 Å². The van der Waals surface area contributed by atoms with Gasteiger partial charge in [0.25, 0.3) is 0 Å². The van der Waals surface area contributed by atoms with E-state index in [1.807, 2.05) is 26.8 Å². The highest BCUT2D eigenvalue weighted by molar-refractivity contribution is 6.31. The molecule has 0 aliphatic carbocycles. The van der Waals surface area contributed by atoms with Gasteiger partial charge in [-0.1, -0.05) is 11.6 Å². The van der Waals surface area contributed by atoms with Crippen LogP contribution < -0.4 is 4.74 Å². The second kappa shape index (κ2) is 7.94. The molecule has 2 aromatic carbocycles. The summed E-state index contributed by atoms with van der Waals surface area (Å²) in [6.45, 7) is 5.62. The van der Waals surface area contributed by atoms with Gasteiger partial charge >= 0.3 is 6.18 Å². The summed E-state index contributed by atoms with van der Waals surface area (Å²) in [5.74, 6) is 0.545. The van der Waals surface area contributed by atoms with Crippen LogP contribution in [0.4, 0.5) is 13.2 Å². The summed E-state index contributed by atoms with van der Waals surface area (Å²) >= 11 is 5.64. The van der Waals surface area contributed by atoms with Crippen molar-refractivity contribution in [2.45, 2.75) is 33.0 Å². The molecule has 0 spiro atoms. The lowest BCUT2D eigenvalue weighted by molar-refractivity contribution is -0.137. The number of alkyl halides is 3. The number of aryl methyl sites for hydroxylation is 2. The van der Waals surface area contributed by atoms with Crippen molar-refractivity contribution in [1.29, 1.82) is 0 Å². The second-order valence-corrected chi connectivity index (χ2v) is 6.25. The third-order valence-corrected chi connectivity index (χ3v) is 4.17. The van der Waals surface area contributed by atoms with E-state index in [2.05, 4.69) is 16.0 Å². The quantitative estimate of drug-likeness (QED) is 0.546. The van der Waals surface area contributed by atoms with Crippen molar-refractivity contribution in [2.24, 2.45) is 9.98 Å². The summed E-state index contributed by atoms with van der Waals surface area (Å²) in [7, 11) is 1.59. The molecule has 7 heteroatoms. The molecule has 138 valence electrons. The third-order valence-electron chi connectivity index (χ3n) is 3.84. The van der Waals surface area contributed by atoms with Crippen LogP contribution in [0.15, 0.2) is 40.3 Å². The third kappa shape index (κ3) is 4.65. The minimum Gasteiger partial charge on any atom is -0.457 e. The first-order chi connectivity index (χ1) is 12.1. The normalized spacial score (nSPS) is 12.3. The van der Waals surface area contributed by atoms with Crippen LogP contribution >= 0.6 is 11.6 Å². The fourth-order valence-electron chi connectivity index (χ4n) is 2.50. The number of halogens is 4.